The molecule has 0 spiro atoms. The highest BCUT2D eigenvalue weighted by Crippen LogP contribution is 2.14. The highest BCUT2D eigenvalue weighted by Gasteiger charge is 2.05. The summed E-state index contributed by atoms with van der Waals surface area (Å²) in [7, 11) is 0. The summed E-state index contributed by atoms with van der Waals surface area (Å²) in [5, 5.41) is 0. The first-order valence-corrected chi connectivity index (χ1v) is 4.25. The Labute approximate surface area is 72.5 Å². The standard InChI is InChI=1S/C10H12N2/c1-2-5-10(6-3-1)12-8-4-7-11-9-12/h1-3,5-7H,4,8-9H2. The first-order chi connectivity index (χ1) is 5.97. The predicted octanol–water partition coefficient (Wildman–Crippen LogP) is 1.93. The summed E-state index contributed by atoms with van der Waals surface area (Å²) < 4.78 is 0. The average molecular weight is 160 g/mol. The summed E-state index contributed by atoms with van der Waals surface area (Å²) in [6.45, 7) is 1.90. The Hall–Kier alpha value is -1.31. The molecule has 1 aromatic carbocycles. The van der Waals surface area contributed by atoms with Gasteiger partial charge in [0, 0.05) is 18.4 Å². The fraction of sp³-hybridized carbons (Fsp3) is 0.300. The molecule has 0 N–H and O–H groups in total. The van der Waals surface area contributed by atoms with Crippen molar-refractivity contribution in [1.29, 1.82) is 0 Å². The van der Waals surface area contributed by atoms with Crippen molar-refractivity contribution in [3.8, 4) is 0 Å². The van der Waals surface area contributed by atoms with Crippen molar-refractivity contribution in [3.63, 3.8) is 0 Å². The van der Waals surface area contributed by atoms with Gasteiger partial charge in [-0.15, -0.1) is 0 Å². The Morgan fingerprint density at radius 3 is 2.67 bits per heavy atom. The van der Waals surface area contributed by atoms with Gasteiger partial charge in [0.25, 0.3) is 0 Å². The van der Waals surface area contributed by atoms with E-state index in [-0.39, 0.29) is 0 Å². The van der Waals surface area contributed by atoms with E-state index in [0.717, 1.165) is 19.6 Å². The first-order valence-electron chi connectivity index (χ1n) is 4.25. The normalized spacial score (nSPS) is 16.5. The van der Waals surface area contributed by atoms with Gasteiger partial charge in [-0.2, -0.15) is 0 Å². The van der Waals surface area contributed by atoms with Crippen LogP contribution in [-0.2, 0) is 0 Å². The Bertz CT molecular complexity index is 266. The molecular weight excluding hydrogens is 148 g/mol. The van der Waals surface area contributed by atoms with Crippen LogP contribution in [0.15, 0.2) is 35.3 Å². The van der Waals surface area contributed by atoms with Crippen LogP contribution >= 0.6 is 0 Å². The van der Waals surface area contributed by atoms with E-state index < -0.39 is 0 Å². The smallest absolute Gasteiger partial charge is 0.109 e. The lowest BCUT2D eigenvalue weighted by molar-refractivity contribution is 0.792. The van der Waals surface area contributed by atoms with E-state index in [4.69, 9.17) is 0 Å². The molecule has 0 amide bonds. The van der Waals surface area contributed by atoms with E-state index in [1.165, 1.54) is 5.69 Å². The van der Waals surface area contributed by atoms with E-state index >= 15 is 0 Å². The predicted molar refractivity (Wildman–Crippen MR) is 51.8 cm³/mol. The van der Waals surface area contributed by atoms with Gasteiger partial charge in [-0.25, -0.2) is 0 Å². The third-order valence-corrected chi connectivity index (χ3v) is 2.03. The van der Waals surface area contributed by atoms with E-state index in [1.54, 1.807) is 0 Å². The number of para-hydroxylation sites is 1. The van der Waals surface area contributed by atoms with Gasteiger partial charge in [0.1, 0.15) is 6.67 Å². The zero-order valence-corrected chi connectivity index (χ0v) is 6.98. The maximum Gasteiger partial charge on any atom is 0.109 e. The number of benzene rings is 1. The lowest BCUT2D eigenvalue weighted by Gasteiger charge is -2.24. The number of hydrogen-bond donors (Lipinski definition) is 0. The van der Waals surface area contributed by atoms with Crippen LogP contribution < -0.4 is 4.90 Å². The molecule has 0 bridgehead atoms. The molecule has 0 saturated carbocycles. The van der Waals surface area contributed by atoms with Crippen molar-refractivity contribution < 1.29 is 0 Å². The van der Waals surface area contributed by atoms with Crippen LogP contribution in [0.5, 0.6) is 0 Å². The number of rotatable bonds is 1. The summed E-state index contributed by atoms with van der Waals surface area (Å²) >= 11 is 0. The molecule has 0 aliphatic carbocycles. The van der Waals surface area contributed by atoms with Crippen molar-refractivity contribution in [2.24, 2.45) is 4.99 Å². The molecule has 1 aliphatic heterocycles. The van der Waals surface area contributed by atoms with Crippen LogP contribution in [0.4, 0.5) is 5.69 Å². The molecule has 2 rings (SSSR count). The minimum absolute atomic E-state index is 0.810. The number of hydrogen-bond acceptors (Lipinski definition) is 2. The van der Waals surface area contributed by atoms with E-state index in [1.807, 2.05) is 12.3 Å². The minimum atomic E-state index is 0.810. The van der Waals surface area contributed by atoms with Crippen LogP contribution in [0, 0.1) is 0 Å². The molecule has 0 atom stereocenters. The minimum Gasteiger partial charge on any atom is -0.352 e. The molecule has 0 unspecified atom stereocenters. The van der Waals surface area contributed by atoms with Gasteiger partial charge in [0.2, 0.25) is 0 Å². The highest BCUT2D eigenvalue weighted by atomic mass is 15.2. The fourth-order valence-electron chi connectivity index (χ4n) is 1.38. The molecule has 1 aromatic rings. The van der Waals surface area contributed by atoms with Crippen molar-refractivity contribution in [3.05, 3.63) is 30.3 Å². The zero-order chi connectivity index (χ0) is 8.23. The number of anilines is 1. The monoisotopic (exact) mass is 160 g/mol. The summed E-state index contributed by atoms with van der Waals surface area (Å²) in [5.74, 6) is 0. The van der Waals surface area contributed by atoms with E-state index in [9.17, 15) is 0 Å². The maximum atomic E-state index is 4.24. The quantitative estimate of drug-likeness (QED) is 0.613. The lowest BCUT2D eigenvalue weighted by atomic mass is 10.2. The number of nitrogens with zero attached hydrogens (tertiary/aromatic N) is 2. The molecule has 12 heavy (non-hydrogen) atoms. The Morgan fingerprint density at radius 1 is 1.17 bits per heavy atom. The van der Waals surface area contributed by atoms with Crippen LogP contribution in [0.25, 0.3) is 0 Å². The molecule has 0 fully saturated rings. The third kappa shape index (κ3) is 1.47. The first kappa shape index (κ1) is 7.35. The van der Waals surface area contributed by atoms with Crippen molar-refractivity contribution in [1.82, 2.24) is 0 Å². The molecule has 62 valence electrons. The van der Waals surface area contributed by atoms with Gasteiger partial charge < -0.3 is 4.90 Å². The molecule has 1 aliphatic rings. The van der Waals surface area contributed by atoms with Crippen molar-refractivity contribution >= 4 is 11.9 Å². The molecule has 0 aromatic heterocycles. The van der Waals surface area contributed by atoms with E-state index in [2.05, 4.69) is 34.2 Å². The van der Waals surface area contributed by atoms with E-state index in [0.29, 0.717) is 0 Å². The second-order valence-electron chi connectivity index (χ2n) is 2.89. The van der Waals surface area contributed by atoms with Crippen molar-refractivity contribution in [2.75, 3.05) is 18.1 Å². The fourth-order valence-corrected chi connectivity index (χ4v) is 1.38. The Balaban J connectivity index is 2.15. The molecule has 2 nitrogen and oxygen atoms in total. The summed E-state index contributed by atoms with van der Waals surface area (Å²) in [5.41, 5.74) is 1.27. The van der Waals surface area contributed by atoms with Gasteiger partial charge in [-0.1, -0.05) is 18.2 Å². The van der Waals surface area contributed by atoms with Crippen LogP contribution in [0.2, 0.25) is 0 Å². The van der Waals surface area contributed by atoms with Crippen molar-refractivity contribution in [2.45, 2.75) is 6.42 Å². The lowest BCUT2D eigenvalue weighted by Crippen LogP contribution is -2.27. The molecular formula is C10H12N2. The molecule has 2 heteroatoms. The molecule has 0 radical (unpaired) electrons. The topological polar surface area (TPSA) is 15.6 Å². The molecule has 0 saturated heterocycles. The average Bonchev–Trinajstić information content (AvgIpc) is 2.21. The Morgan fingerprint density at radius 2 is 2.00 bits per heavy atom. The van der Waals surface area contributed by atoms with Crippen LogP contribution in [-0.4, -0.2) is 19.4 Å². The largest absolute Gasteiger partial charge is 0.352 e. The van der Waals surface area contributed by atoms with Gasteiger partial charge in [0.15, 0.2) is 0 Å². The Kier molecular flexibility index (Phi) is 2.08. The van der Waals surface area contributed by atoms with Gasteiger partial charge in [-0.05, 0) is 18.6 Å². The van der Waals surface area contributed by atoms with Gasteiger partial charge >= 0.3 is 0 Å². The zero-order valence-electron chi connectivity index (χ0n) is 6.98. The summed E-state index contributed by atoms with van der Waals surface area (Å²) in [4.78, 5) is 6.51. The summed E-state index contributed by atoms with van der Waals surface area (Å²) in [6.07, 6.45) is 3.06. The summed E-state index contributed by atoms with van der Waals surface area (Å²) in [6, 6.07) is 10.4. The van der Waals surface area contributed by atoms with Gasteiger partial charge in [-0.3, -0.25) is 4.99 Å². The second-order valence-corrected chi connectivity index (χ2v) is 2.89. The SMILES string of the molecule is C1=NCN(c2ccccc2)CC1. The maximum absolute atomic E-state index is 4.24. The highest BCUT2D eigenvalue weighted by molar-refractivity contribution is 5.61. The molecule has 1 heterocycles. The number of aliphatic imine (C=N–C) groups is 1. The van der Waals surface area contributed by atoms with Gasteiger partial charge in [0.05, 0.1) is 0 Å². The second kappa shape index (κ2) is 3.39. The third-order valence-electron chi connectivity index (χ3n) is 2.03. The van der Waals surface area contributed by atoms with Crippen LogP contribution in [0.1, 0.15) is 6.42 Å². The van der Waals surface area contributed by atoms with Crippen LogP contribution in [0.3, 0.4) is 0 Å².